The fourth-order valence-corrected chi connectivity index (χ4v) is 3.33. The molecule has 0 saturated heterocycles. The van der Waals surface area contributed by atoms with Crippen LogP contribution in [-0.4, -0.2) is 39.0 Å². The Labute approximate surface area is 148 Å². The first kappa shape index (κ1) is 17.4. The number of amides is 1. The van der Waals surface area contributed by atoms with E-state index in [-0.39, 0.29) is 5.91 Å². The maximum absolute atomic E-state index is 11.9. The Kier molecular flexibility index (Phi) is 5.63. The van der Waals surface area contributed by atoms with Crippen LogP contribution in [0, 0.1) is 19.8 Å². The lowest BCUT2D eigenvalue weighted by Crippen LogP contribution is -2.30. The van der Waals surface area contributed by atoms with Crippen LogP contribution < -0.4 is 10.6 Å². The number of carbonyl (C=O) groups excluding carboxylic acids is 1. The van der Waals surface area contributed by atoms with E-state index in [9.17, 15) is 4.79 Å². The number of rotatable bonds is 7. The van der Waals surface area contributed by atoms with Crippen molar-refractivity contribution in [2.24, 2.45) is 5.92 Å². The average molecular weight is 342 g/mol. The van der Waals surface area contributed by atoms with E-state index in [0.717, 1.165) is 11.4 Å². The zero-order valence-electron chi connectivity index (χ0n) is 15.0. The van der Waals surface area contributed by atoms with Crippen molar-refractivity contribution in [1.29, 1.82) is 0 Å². The summed E-state index contributed by atoms with van der Waals surface area (Å²) in [5.74, 6) is 2.12. The van der Waals surface area contributed by atoms with Crippen LogP contribution in [0.25, 0.3) is 5.82 Å². The number of anilines is 1. The maximum Gasteiger partial charge on any atom is 0.220 e. The van der Waals surface area contributed by atoms with E-state index in [2.05, 4.69) is 25.9 Å². The molecule has 1 aliphatic carbocycles. The molecule has 0 aromatic carbocycles. The second-order valence-corrected chi connectivity index (χ2v) is 6.75. The number of carbonyl (C=O) groups is 1. The fraction of sp³-hybridized carbons (Fsp3) is 0.556. The highest BCUT2D eigenvalue weighted by Gasteiger charge is 2.17. The lowest BCUT2D eigenvalue weighted by molar-refractivity contribution is -0.121. The van der Waals surface area contributed by atoms with Gasteiger partial charge in [0.1, 0.15) is 5.82 Å². The molecule has 1 saturated carbocycles. The molecule has 2 aromatic heterocycles. The van der Waals surface area contributed by atoms with Gasteiger partial charge in [-0.25, -0.2) is 4.68 Å². The van der Waals surface area contributed by atoms with Gasteiger partial charge in [-0.2, -0.15) is 5.10 Å². The predicted octanol–water partition coefficient (Wildman–Crippen LogP) is 2.39. The first-order valence-electron chi connectivity index (χ1n) is 9.00. The molecule has 7 nitrogen and oxygen atoms in total. The van der Waals surface area contributed by atoms with E-state index in [1.807, 2.05) is 32.0 Å². The molecular weight excluding hydrogens is 316 g/mol. The third-order valence-corrected chi connectivity index (χ3v) is 4.58. The number of aromatic nitrogens is 4. The van der Waals surface area contributed by atoms with Crippen LogP contribution >= 0.6 is 0 Å². The summed E-state index contributed by atoms with van der Waals surface area (Å²) < 4.78 is 1.77. The minimum absolute atomic E-state index is 0.152. The Hall–Kier alpha value is -2.44. The van der Waals surface area contributed by atoms with Gasteiger partial charge in [0.15, 0.2) is 5.82 Å². The molecule has 1 aliphatic rings. The van der Waals surface area contributed by atoms with Gasteiger partial charge < -0.3 is 10.6 Å². The van der Waals surface area contributed by atoms with Gasteiger partial charge in [0.2, 0.25) is 5.91 Å². The molecular formula is C18H26N6O. The highest BCUT2D eigenvalue weighted by Crippen LogP contribution is 2.27. The monoisotopic (exact) mass is 342 g/mol. The van der Waals surface area contributed by atoms with Gasteiger partial charge in [-0.05, 0) is 50.8 Å². The molecule has 134 valence electrons. The Balaban J connectivity index is 1.41. The molecule has 1 amide bonds. The van der Waals surface area contributed by atoms with Crippen molar-refractivity contribution < 1.29 is 4.79 Å². The standard InChI is InChI=1S/C18H26N6O/c1-13-11-14(2)24(23-13)17-8-7-16(21-22-17)19-9-10-20-18(25)12-15-5-3-4-6-15/h7-8,11,15H,3-6,9-10,12H2,1-2H3,(H,19,21)(H,20,25). The van der Waals surface area contributed by atoms with Crippen LogP contribution in [0.4, 0.5) is 5.82 Å². The molecule has 0 atom stereocenters. The zero-order chi connectivity index (χ0) is 17.6. The van der Waals surface area contributed by atoms with Crippen LogP contribution in [0.1, 0.15) is 43.5 Å². The molecule has 0 spiro atoms. The minimum Gasteiger partial charge on any atom is -0.367 e. The molecule has 25 heavy (non-hydrogen) atoms. The summed E-state index contributed by atoms with van der Waals surface area (Å²) in [6.45, 7) is 5.16. The van der Waals surface area contributed by atoms with Crippen molar-refractivity contribution in [2.45, 2.75) is 46.0 Å². The minimum atomic E-state index is 0.152. The van der Waals surface area contributed by atoms with Crippen LogP contribution in [0.15, 0.2) is 18.2 Å². The highest BCUT2D eigenvalue weighted by molar-refractivity contribution is 5.76. The summed E-state index contributed by atoms with van der Waals surface area (Å²) >= 11 is 0. The van der Waals surface area contributed by atoms with E-state index in [0.29, 0.717) is 37.1 Å². The van der Waals surface area contributed by atoms with Crippen molar-refractivity contribution in [1.82, 2.24) is 25.3 Å². The Bertz CT molecular complexity index is 703. The molecule has 0 unspecified atom stereocenters. The van der Waals surface area contributed by atoms with E-state index >= 15 is 0 Å². The molecule has 1 fully saturated rings. The van der Waals surface area contributed by atoms with Crippen molar-refractivity contribution in [3.05, 3.63) is 29.6 Å². The molecule has 2 aromatic rings. The largest absolute Gasteiger partial charge is 0.367 e. The van der Waals surface area contributed by atoms with Gasteiger partial charge in [0, 0.05) is 25.2 Å². The quantitative estimate of drug-likeness (QED) is 0.755. The lowest BCUT2D eigenvalue weighted by Gasteiger charge is -2.10. The van der Waals surface area contributed by atoms with E-state index in [1.54, 1.807) is 4.68 Å². The fourth-order valence-electron chi connectivity index (χ4n) is 3.33. The zero-order valence-corrected chi connectivity index (χ0v) is 15.0. The molecule has 3 rings (SSSR count). The normalized spacial score (nSPS) is 14.6. The molecule has 0 aliphatic heterocycles. The number of aryl methyl sites for hydroxylation is 2. The van der Waals surface area contributed by atoms with Crippen LogP contribution in [-0.2, 0) is 4.79 Å². The first-order valence-corrected chi connectivity index (χ1v) is 9.00. The Morgan fingerprint density at radius 3 is 2.64 bits per heavy atom. The number of hydrogen-bond donors (Lipinski definition) is 2. The van der Waals surface area contributed by atoms with Crippen molar-refractivity contribution in [3.63, 3.8) is 0 Å². The summed E-state index contributed by atoms with van der Waals surface area (Å²) in [6, 6.07) is 5.76. The topological polar surface area (TPSA) is 84.7 Å². The average Bonchev–Trinajstić information content (AvgIpc) is 3.21. The van der Waals surface area contributed by atoms with E-state index in [4.69, 9.17) is 0 Å². The molecule has 2 heterocycles. The third kappa shape index (κ3) is 4.78. The Morgan fingerprint density at radius 2 is 2.00 bits per heavy atom. The molecule has 7 heteroatoms. The lowest BCUT2D eigenvalue weighted by atomic mass is 10.0. The SMILES string of the molecule is Cc1cc(C)n(-c2ccc(NCCNC(=O)CC3CCCC3)nn2)n1. The second-order valence-electron chi connectivity index (χ2n) is 6.75. The smallest absolute Gasteiger partial charge is 0.220 e. The summed E-state index contributed by atoms with van der Waals surface area (Å²) in [4.78, 5) is 11.9. The second kappa shape index (κ2) is 8.09. The molecule has 0 bridgehead atoms. The predicted molar refractivity (Wildman–Crippen MR) is 96.7 cm³/mol. The van der Waals surface area contributed by atoms with Crippen LogP contribution in [0.2, 0.25) is 0 Å². The third-order valence-electron chi connectivity index (χ3n) is 4.58. The van der Waals surface area contributed by atoms with Crippen LogP contribution in [0.5, 0.6) is 0 Å². The molecule has 0 radical (unpaired) electrons. The van der Waals surface area contributed by atoms with Crippen molar-refractivity contribution in [2.75, 3.05) is 18.4 Å². The number of hydrogen-bond acceptors (Lipinski definition) is 5. The van der Waals surface area contributed by atoms with Gasteiger partial charge in [-0.3, -0.25) is 4.79 Å². The summed E-state index contributed by atoms with van der Waals surface area (Å²) in [6.07, 6.45) is 5.60. The van der Waals surface area contributed by atoms with Gasteiger partial charge in [-0.15, -0.1) is 10.2 Å². The van der Waals surface area contributed by atoms with E-state index < -0.39 is 0 Å². The summed E-state index contributed by atoms with van der Waals surface area (Å²) in [5.41, 5.74) is 1.98. The number of nitrogens with zero attached hydrogens (tertiary/aromatic N) is 4. The van der Waals surface area contributed by atoms with E-state index in [1.165, 1.54) is 25.7 Å². The van der Waals surface area contributed by atoms with Gasteiger partial charge in [-0.1, -0.05) is 12.8 Å². The first-order chi connectivity index (χ1) is 12.1. The van der Waals surface area contributed by atoms with Gasteiger partial charge in [0.05, 0.1) is 5.69 Å². The van der Waals surface area contributed by atoms with Gasteiger partial charge in [0.25, 0.3) is 0 Å². The van der Waals surface area contributed by atoms with Crippen molar-refractivity contribution >= 4 is 11.7 Å². The maximum atomic E-state index is 11.9. The highest BCUT2D eigenvalue weighted by atomic mass is 16.1. The summed E-state index contributed by atoms with van der Waals surface area (Å²) in [5, 5.41) is 18.9. The van der Waals surface area contributed by atoms with Crippen molar-refractivity contribution in [3.8, 4) is 5.82 Å². The van der Waals surface area contributed by atoms with Crippen LogP contribution in [0.3, 0.4) is 0 Å². The summed E-state index contributed by atoms with van der Waals surface area (Å²) in [7, 11) is 0. The van der Waals surface area contributed by atoms with Gasteiger partial charge >= 0.3 is 0 Å². The number of nitrogens with one attached hydrogen (secondary N) is 2. The Morgan fingerprint density at radius 1 is 1.20 bits per heavy atom. The molecule has 2 N–H and O–H groups in total.